The van der Waals surface area contributed by atoms with Crippen molar-refractivity contribution in [3.05, 3.63) is 97.0 Å². The smallest absolute Gasteiger partial charge is 0.386 e. The van der Waals surface area contributed by atoms with E-state index in [1.165, 1.54) is 6.26 Å². The van der Waals surface area contributed by atoms with Gasteiger partial charge < -0.3 is 9.84 Å². The molecule has 0 heterocycles. The summed E-state index contributed by atoms with van der Waals surface area (Å²) in [7, 11) is 0. The molecule has 2 aromatic rings. The van der Waals surface area contributed by atoms with Crippen LogP contribution in [0, 0.1) is 0 Å². The Morgan fingerprint density at radius 1 is 0.962 bits per heavy atom. The van der Waals surface area contributed by atoms with Gasteiger partial charge in [-0.3, -0.25) is 4.89 Å². The van der Waals surface area contributed by atoms with Crippen LogP contribution < -0.4 is 0 Å². The van der Waals surface area contributed by atoms with Crippen molar-refractivity contribution in [1.82, 2.24) is 0 Å². The minimum Gasteiger partial charge on any atom is -0.501 e. The molecule has 0 amide bonds. The van der Waals surface area contributed by atoms with Crippen molar-refractivity contribution in [2.24, 2.45) is 0 Å². The van der Waals surface area contributed by atoms with Gasteiger partial charge in [-0.2, -0.15) is 0 Å². The Kier molecular flexibility index (Phi) is 9.40. The molecule has 0 aliphatic rings. The Hall–Kier alpha value is -3.54. The topological polar surface area (TPSA) is 82.1 Å². The van der Waals surface area contributed by atoms with E-state index < -0.39 is 11.9 Å². The largest absolute Gasteiger partial charge is 0.501 e. The summed E-state index contributed by atoms with van der Waals surface area (Å²) in [6.07, 6.45) is 2.97. The van der Waals surface area contributed by atoms with Gasteiger partial charge in [0.05, 0.1) is 24.0 Å². The predicted molar refractivity (Wildman–Crippen MR) is 96.4 cm³/mol. The zero-order chi connectivity index (χ0) is 19.2. The Morgan fingerprint density at radius 3 is 2.23 bits per heavy atom. The third-order valence-electron chi connectivity index (χ3n) is 3.06. The average Bonchev–Trinajstić information content (AvgIpc) is 2.68. The Morgan fingerprint density at radius 2 is 1.62 bits per heavy atom. The van der Waals surface area contributed by atoms with E-state index in [0.29, 0.717) is 24.2 Å². The molecule has 6 nitrogen and oxygen atoms in total. The molecule has 0 unspecified atom stereocenters. The van der Waals surface area contributed by atoms with E-state index in [1.54, 1.807) is 42.5 Å². The summed E-state index contributed by atoms with van der Waals surface area (Å²) in [5.41, 5.74) is 1.56. The molecule has 0 aromatic heterocycles. The van der Waals surface area contributed by atoms with Gasteiger partial charge in [0.2, 0.25) is 0 Å². The molecule has 0 aliphatic carbocycles. The lowest BCUT2D eigenvalue weighted by Gasteiger charge is -2.04. The van der Waals surface area contributed by atoms with Crippen LogP contribution >= 0.6 is 0 Å². The van der Waals surface area contributed by atoms with Gasteiger partial charge in [0.15, 0.2) is 0 Å². The van der Waals surface area contributed by atoms with Crippen LogP contribution in [-0.4, -0.2) is 23.7 Å². The van der Waals surface area contributed by atoms with Crippen LogP contribution in [0.25, 0.3) is 0 Å². The van der Waals surface area contributed by atoms with Crippen LogP contribution in [0.2, 0.25) is 0 Å². The molecule has 0 aliphatic heterocycles. The number of carboxylic acids is 1. The second-order valence-corrected chi connectivity index (χ2v) is 4.75. The van der Waals surface area contributed by atoms with Crippen molar-refractivity contribution in [3.63, 3.8) is 0 Å². The minimum absolute atomic E-state index is 0.333. The fourth-order valence-corrected chi connectivity index (χ4v) is 1.90. The maximum Gasteiger partial charge on any atom is 0.386 e. The highest BCUT2D eigenvalue weighted by Crippen LogP contribution is 2.09. The number of ether oxygens (including phenoxy) is 1. The van der Waals surface area contributed by atoms with E-state index in [0.717, 1.165) is 11.8 Å². The third-order valence-corrected chi connectivity index (χ3v) is 3.06. The number of aromatic carboxylic acids is 1. The molecule has 1 N–H and O–H groups in total. The lowest BCUT2D eigenvalue weighted by Crippen LogP contribution is -2.04. The lowest BCUT2D eigenvalue weighted by atomic mass is 10.1. The summed E-state index contributed by atoms with van der Waals surface area (Å²) in [4.78, 5) is 30.4. The van der Waals surface area contributed by atoms with E-state index in [-0.39, 0.29) is 0 Å². The number of benzene rings is 2. The highest BCUT2D eigenvalue weighted by atomic mass is 17.2. The van der Waals surface area contributed by atoms with Gasteiger partial charge in [-0.05, 0) is 23.8 Å². The number of hydrogen-bond donors (Lipinski definition) is 1. The van der Waals surface area contributed by atoms with Crippen LogP contribution in [0.3, 0.4) is 0 Å². The zero-order valence-corrected chi connectivity index (χ0v) is 14.2. The molecule has 0 atom stereocenters. The molecule has 0 radical (unpaired) electrons. The van der Waals surface area contributed by atoms with Crippen LogP contribution in [0.5, 0.6) is 0 Å². The molecular formula is C20H20O6. The summed E-state index contributed by atoms with van der Waals surface area (Å²) >= 11 is 0. The zero-order valence-electron chi connectivity index (χ0n) is 14.2. The van der Waals surface area contributed by atoms with Crippen molar-refractivity contribution in [1.29, 1.82) is 0 Å². The monoisotopic (exact) mass is 356 g/mol. The van der Waals surface area contributed by atoms with Gasteiger partial charge in [0.1, 0.15) is 6.26 Å². The normalized spacial score (nSPS) is 9.08. The molecular weight excluding hydrogens is 336 g/mol. The molecule has 26 heavy (non-hydrogen) atoms. The maximum atomic E-state index is 11.0. The van der Waals surface area contributed by atoms with Crippen molar-refractivity contribution in [2.45, 2.75) is 6.42 Å². The molecule has 2 rings (SSSR count). The van der Waals surface area contributed by atoms with E-state index in [2.05, 4.69) is 22.9 Å². The van der Waals surface area contributed by atoms with E-state index in [9.17, 15) is 9.59 Å². The minimum atomic E-state index is -0.904. The second-order valence-electron chi connectivity index (χ2n) is 4.75. The van der Waals surface area contributed by atoms with Gasteiger partial charge in [-0.25, -0.2) is 14.5 Å². The van der Waals surface area contributed by atoms with Crippen LogP contribution in [-0.2, 0) is 20.9 Å². The van der Waals surface area contributed by atoms with E-state index in [1.807, 2.05) is 12.1 Å². The Balaban J connectivity index is 0.000000263. The van der Waals surface area contributed by atoms with Crippen LogP contribution in [0.15, 0.2) is 80.3 Å². The molecule has 0 bridgehead atoms. The first kappa shape index (κ1) is 20.5. The number of carbonyl (C=O) groups is 2. The Labute approximate surface area is 151 Å². The predicted octanol–water partition coefficient (Wildman–Crippen LogP) is 4.01. The van der Waals surface area contributed by atoms with Gasteiger partial charge in [-0.1, -0.05) is 49.6 Å². The van der Waals surface area contributed by atoms with Crippen molar-refractivity contribution < 1.29 is 29.2 Å². The van der Waals surface area contributed by atoms with Crippen molar-refractivity contribution in [3.8, 4) is 0 Å². The fourth-order valence-electron chi connectivity index (χ4n) is 1.90. The first-order valence-electron chi connectivity index (χ1n) is 7.67. The quantitative estimate of drug-likeness (QED) is 0.333. The molecule has 6 heteroatoms. The van der Waals surface area contributed by atoms with Gasteiger partial charge in [0, 0.05) is 6.42 Å². The molecule has 2 aromatic carbocycles. The summed E-state index contributed by atoms with van der Waals surface area (Å²) in [5.74, 6) is -1.44. The summed E-state index contributed by atoms with van der Waals surface area (Å²) in [5, 5.41) is 8.86. The van der Waals surface area contributed by atoms with E-state index >= 15 is 0 Å². The average molecular weight is 356 g/mol. The number of carboxylic acid groups (broad SMARTS) is 1. The van der Waals surface area contributed by atoms with Gasteiger partial charge in [0.25, 0.3) is 0 Å². The number of rotatable bonds is 8. The van der Waals surface area contributed by atoms with Crippen molar-refractivity contribution >= 4 is 11.9 Å². The maximum absolute atomic E-state index is 11.0. The highest BCUT2D eigenvalue weighted by molar-refractivity contribution is 5.89. The summed E-state index contributed by atoms with van der Waals surface area (Å²) in [6.45, 7) is 7.09. The SMILES string of the molecule is C=COCCc1ccccc1C(=O)O.C=COOC(=O)c1ccccc1. The highest BCUT2D eigenvalue weighted by Gasteiger charge is 2.08. The van der Waals surface area contributed by atoms with Crippen LogP contribution in [0.1, 0.15) is 26.3 Å². The second kappa shape index (κ2) is 11.9. The van der Waals surface area contributed by atoms with Gasteiger partial charge in [-0.15, -0.1) is 0 Å². The van der Waals surface area contributed by atoms with Crippen LogP contribution in [0.4, 0.5) is 0 Å². The standard InChI is InChI=1S/C11H12O3.C9H8O3/c1-2-14-8-7-9-5-3-4-6-10(9)11(12)13;1-2-11-12-9(10)8-6-4-3-5-7-8/h2-6H,1,7-8H2,(H,12,13);2-7H,1H2. The molecule has 0 spiro atoms. The first-order chi connectivity index (χ1) is 12.6. The molecule has 0 saturated heterocycles. The number of carbonyl (C=O) groups excluding carboxylic acids is 1. The molecule has 0 fully saturated rings. The fraction of sp³-hybridized carbons (Fsp3) is 0.100. The summed E-state index contributed by atoms with van der Waals surface area (Å²) in [6, 6.07) is 15.5. The number of hydrogen-bond acceptors (Lipinski definition) is 5. The lowest BCUT2D eigenvalue weighted by molar-refractivity contribution is -0.190. The molecule has 0 saturated carbocycles. The third kappa shape index (κ3) is 7.35. The van der Waals surface area contributed by atoms with E-state index in [4.69, 9.17) is 9.84 Å². The summed E-state index contributed by atoms with van der Waals surface area (Å²) < 4.78 is 4.94. The first-order valence-corrected chi connectivity index (χ1v) is 7.67. The van der Waals surface area contributed by atoms with Gasteiger partial charge >= 0.3 is 11.9 Å². The van der Waals surface area contributed by atoms with Crippen molar-refractivity contribution in [2.75, 3.05) is 6.61 Å². The molecule has 136 valence electrons. The Bertz CT molecular complexity index is 724.